The Morgan fingerprint density at radius 3 is 0.835 bits per heavy atom. The Hall–Kier alpha value is -1.94. The molecule has 6 atom stereocenters. The number of carbonyl (C=O) groups excluding carboxylic acids is 4. The number of unbranched alkanes of at least 4 members (excludes halogenated alkanes) is 40. The van der Waals surface area contributed by atoms with Gasteiger partial charge in [0.25, 0.3) is 0 Å². The molecule has 0 aliphatic heterocycles. The molecule has 0 rings (SSSR count). The van der Waals surface area contributed by atoms with E-state index in [1.54, 1.807) is 0 Å². The molecule has 0 aromatic carbocycles. The Kier molecular flexibility index (Phi) is 62.7. The van der Waals surface area contributed by atoms with Gasteiger partial charge in [-0.15, -0.1) is 0 Å². The van der Waals surface area contributed by atoms with E-state index < -0.39 is 97.5 Å². The van der Waals surface area contributed by atoms with Crippen LogP contribution in [0.5, 0.6) is 0 Å². The predicted molar refractivity (Wildman–Crippen MR) is 368 cm³/mol. The molecule has 540 valence electrons. The highest BCUT2D eigenvalue weighted by Gasteiger charge is 2.30. The van der Waals surface area contributed by atoms with E-state index in [1.165, 1.54) is 180 Å². The van der Waals surface area contributed by atoms with Gasteiger partial charge in [-0.1, -0.05) is 318 Å². The van der Waals surface area contributed by atoms with E-state index in [2.05, 4.69) is 41.5 Å². The van der Waals surface area contributed by atoms with Gasteiger partial charge in [0.05, 0.1) is 26.4 Å². The molecule has 91 heavy (non-hydrogen) atoms. The van der Waals surface area contributed by atoms with Crippen LogP contribution in [0.25, 0.3) is 0 Å². The zero-order valence-electron chi connectivity index (χ0n) is 59.1. The lowest BCUT2D eigenvalue weighted by Gasteiger charge is -2.21. The number of hydrogen-bond acceptors (Lipinski definition) is 15. The second-order valence-corrected chi connectivity index (χ2v) is 29.6. The monoisotopic (exact) mass is 1340 g/mol. The zero-order chi connectivity index (χ0) is 67.2. The third-order valence-corrected chi connectivity index (χ3v) is 19.0. The second-order valence-electron chi connectivity index (χ2n) is 26.7. The fourth-order valence-corrected chi connectivity index (χ4v) is 12.5. The number of aliphatic hydroxyl groups is 1. The first-order valence-electron chi connectivity index (χ1n) is 37.5. The van der Waals surface area contributed by atoms with Gasteiger partial charge < -0.3 is 33.8 Å². The second kappa shape index (κ2) is 64.1. The Morgan fingerprint density at radius 2 is 0.560 bits per heavy atom. The van der Waals surface area contributed by atoms with Crippen molar-refractivity contribution in [2.45, 2.75) is 387 Å². The van der Waals surface area contributed by atoms with Crippen molar-refractivity contribution >= 4 is 39.5 Å². The number of phosphoric acid groups is 2. The Bertz CT molecular complexity index is 1770. The van der Waals surface area contributed by atoms with Crippen LogP contribution in [0.2, 0.25) is 0 Å². The third-order valence-electron chi connectivity index (χ3n) is 17.1. The summed E-state index contributed by atoms with van der Waals surface area (Å²) in [5.74, 6) is -0.612. The van der Waals surface area contributed by atoms with Gasteiger partial charge in [-0.2, -0.15) is 0 Å². The van der Waals surface area contributed by atoms with Crippen molar-refractivity contribution in [3.8, 4) is 0 Å². The topological polar surface area (TPSA) is 237 Å². The van der Waals surface area contributed by atoms with E-state index in [1.807, 2.05) is 0 Å². The van der Waals surface area contributed by atoms with Gasteiger partial charge in [0, 0.05) is 25.7 Å². The highest BCUT2D eigenvalue weighted by molar-refractivity contribution is 7.47. The molecule has 0 bridgehead atoms. The smallest absolute Gasteiger partial charge is 0.462 e. The summed E-state index contributed by atoms with van der Waals surface area (Å²) < 4.78 is 68.4. The van der Waals surface area contributed by atoms with E-state index >= 15 is 0 Å². The van der Waals surface area contributed by atoms with Crippen molar-refractivity contribution in [3.05, 3.63) is 0 Å². The number of rotatable bonds is 71. The number of aliphatic hydroxyl groups excluding tert-OH is 1. The van der Waals surface area contributed by atoms with Gasteiger partial charge in [-0.3, -0.25) is 37.3 Å². The van der Waals surface area contributed by atoms with E-state index in [0.29, 0.717) is 31.6 Å². The molecular formula is C72H140O17P2. The molecule has 0 radical (unpaired) electrons. The molecule has 0 amide bonds. The Morgan fingerprint density at radius 1 is 0.319 bits per heavy atom. The van der Waals surface area contributed by atoms with Crippen LogP contribution in [0.1, 0.15) is 369 Å². The molecule has 0 aromatic heterocycles. The predicted octanol–water partition coefficient (Wildman–Crippen LogP) is 20.8. The maximum Gasteiger partial charge on any atom is 0.472 e. The maximum absolute atomic E-state index is 13.0. The largest absolute Gasteiger partial charge is 0.472 e. The zero-order valence-corrected chi connectivity index (χ0v) is 60.9. The van der Waals surface area contributed by atoms with Crippen LogP contribution in [-0.4, -0.2) is 96.7 Å². The van der Waals surface area contributed by atoms with Crippen LogP contribution in [0.3, 0.4) is 0 Å². The van der Waals surface area contributed by atoms with Gasteiger partial charge in [0.15, 0.2) is 12.2 Å². The highest BCUT2D eigenvalue weighted by atomic mass is 31.2. The first-order valence-corrected chi connectivity index (χ1v) is 40.5. The lowest BCUT2D eigenvalue weighted by Crippen LogP contribution is -2.30. The summed E-state index contributed by atoms with van der Waals surface area (Å²) in [5.41, 5.74) is 0. The van der Waals surface area contributed by atoms with Gasteiger partial charge in [-0.05, 0) is 37.5 Å². The number of ether oxygens (including phenoxy) is 4. The number of carbonyl (C=O) groups is 4. The van der Waals surface area contributed by atoms with Crippen molar-refractivity contribution in [2.75, 3.05) is 39.6 Å². The van der Waals surface area contributed by atoms with Gasteiger partial charge in [-0.25, -0.2) is 9.13 Å². The molecule has 3 unspecified atom stereocenters. The quantitative estimate of drug-likeness (QED) is 0.0222. The first-order chi connectivity index (χ1) is 43.9. The number of phosphoric ester groups is 2. The minimum absolute atomic E-state index is 0.107. The lowest BCUT2D eigenvalue weighted by atomic mass is 9.99. The van der Waals surface area contributed by atoms with Crippen LogP contribution in [0, 0.1) is 11.8 Å². The fraction of sp³-hybridized carbons (Fsp3) is 0.944. The van der Waals surface area contributed by atoms with Crippen molar-refractivity contribution in [3.63, 3.8) is 0 Å². The number of hydrogen-bond donors (Lipinski definition) is 3. The average molecular weight is 1340 g/mol. The lowest BCUT2D eigenvalue weighted by molar-refractivity contribution is -0.161. The maximum atomic E-state index is 13.0. The summed E-state index contributed by atoms with van der Waals surface area (Å²) in [6, 6.07) is 0. The minimum atomic E-state index is -4.95. The average Bonchev–Trinajstić information content (AvgIpc) is 3.74. The Labute approximate surface area is 556 Å². The third kappa shape index (κ3) is 65.1. The van der Waals surface area contributed by atoms with E-state index in [4.69, 9.17) is 37.0 Å². The van der Waals surface area contributed by atoms with Crippen molar-refractivity contribution in [1.29, 1.82) is 0 Å². The van der Waals surface area contributed by atoms with Crippen LogP contribution >= 0.6 is 15.6 Å². The van der Waals surface area contributed by atoms with Crippen molar-refractivity contribution in [2.24, 2.45) is 11.8 Å². The van der Waals surface area contributed by atoms with Crippen molar-refractivity contribution < 1.29 is 80.2 Å². The van der Waals surface area contributed by atoms with Gasteiger partial charge in [0.1, 0.15) is 19.3 Å². The summed E-state index contributed by atoms with van der Waals surface area (Å²) in [7, 11) is -9.90. The van der Waals surface area contributed by atoms with E-state index in [9.17, 15) is 43.2 Å². The summed E-state index contributed by atoms with van der Waals surface area (Å²) in [6.07, 6.45) is 49.8. The van der Waals surface area contributed by atoms with Gasteiger partial charge in [0.2, 0.25) is 0 Å². The van der Waals surface area contributed by atoms with E-state index in [0.717, 1.165) is 102 Å². The molecule has 19 heteroatoms. The molecule has 0 heterocycles. The van der Waals surface area contributed by atoms with Crippen LogP contribution in [0.15, 0.2) is 0 Å². The molecule has 0 saturated carbocycles. The molecule has 0 aromatic rings. The molecule has 3 N–H and O–H groups in total. The van der Waals surface area contributed by atoms with Crippen molar-refractivity contribution in [1.82, 2.24) is 0 Å². The molecule has 0 spiro atoms. The van der Waals surface area contributed by atoms with E-state index in [-0.39, 0.29) is 25.7 Å². The summed E-state index contributed by atoms with van der Waals surface area (Å²) in [6.45, 7) is 9.54. The Balaban J connectivity index is 5.26. The van der Waals surface area contributed by atoms with Gasteiger partial charge >= 0.3 is 39.5 Å². The molecule has 0 aliphatic rings. The highest BCUT2D eigenvalue weighted by Crippen LogP contribution is 2.45. The molecule has 0 fully saturated rings. The number of esters is 4. The van der Waals surface area contributed by atoms with Crippen LogP contribution < -0.4 is 0 Å². The molecule has 0 aliphatic carbocycles. The molecule has 17 nitrogen and oxygen atoms in total. The standard InChI is InChI=1S/C72H140O17P2/c1-7-10-12-14-16-18-20-22-24-25-30-36-42-48-54-69(74)82-60-67(88-72(77)57-51-45-38-32-28-27-29-35-41-47-53-65(6)9-3)62-86-90(78,79)84-58-66(73)59-85-91(80,81)87-63-68(61-83-70(75)55-49-43-39-33-34-40-46-52-64(4)5)89-71(76)56-50-44-37-31-26-23-21-19-17-15-13-11-8-2/h64-68,73H,7-63H2,1-6H3,(H,78,79)(H,80,81)/t65?,66-,67-,68-/m1/s1. The summed E-state index contributed by atoms with van der Waals surface area (Å²) in [4.78, 5) is 72.6. The normalized spacial score (nSPS) is 14.4. The molecular weight excluding hydrogens is 1200 g/mol. The minimum Gasteiger partial charge on any atom is -0.462 e. The van der Waals surface area contributed by atoms with Crippen LogP contribution in [-0.2, 0) is 65.4 Å². The SMILES string of the molecule is CCCCCCCCCCCCCCCCC(=O)OC[C@H](COP(=O)(O)OC[C@@H](O)COP(=O)(O)OC[C@@H](COC(=O)CCCCCCCCCC(C)C)OC(=O)CCCCCCCCCCCCCCC)OC(=O)CCCCCCCCCCCCC(C)CC. The fourth-order valence-electron chi connectivity index (χ4n) is 10.9. The summed E-state index contributed by atoms with van der Waals surface area (Å²) in [5, 5.41) is 10.6. The summed E-state index contributed by atoms with van der Waals surface area (Å²) >= 11 is 0. The first kappa shape index (κ1) is 89.1. The molecule has 0 saturated heterocycles. The van der Waals surface area contributed by atoms with Crippen LogP contribution in [0.4, 0.5) is 0 Å².